The normalized spacial score (nSPS) is 18.7. The number of carboxylic acid groups (broad SMARTS) is 1. The van der Waals surface area contributed by atoms with Gasteiger partial charge in [0.1, 0.15) is 0 Å². The molecule has 1 fully saturated rings. The fourth-order valence-corrected chi connectivity index (χ4v) is 3.46. The Morgan fingerprint density at radius 1 is 1.37 bits per heavy atom. The van der Waals surface area contributed by atoms with Gasteiger partial charge in [0.2, 0.25) is 0 Å². The molecule has 1 atom stereocenters. The van der Waals surface area contributed by atoms with E-state index in [0.717, 1.165) is 31.9 Å². The summed E-state index contributed by atoms with van der Waals surface area (Å²) in [6, 6.07) is 7.16. The molecule has 2 rings (SSSR count). The monoisotopic (exact) mass is 283 g/mol. The van der Waals surface area contributed by atoms with Crippen molar-refractivity contribution in [2.75, 3.05) is 37.3 Å². The average molecular weight is 283 g/mol. The van der Waals surface area contributed by atoms with Crippen LogP contribution in [0.25, 0.3) is 0 Å². The lowest BCUT2D eigenvalue weighted by atomic mass is 10.2. The van der Waals surface area contributed by atoms with Crippen LogP contribution >= 0.6 is 0 Å². The number of benzene rings is 1. The molecule has 0 spiro atoms. The largest absolute Gasteiger partial charge is 0.463 e. The van der Waals surface area contributed by atoms with E-state index in [1.807, 2.05) is 12.1 Å². The third kappa shape index (κ3) is 3.24. The molecule has 1 aromatic carbocycles. The minimum Gasteiger partial charge on any atom is -0.463 e. The summed E-state index contributed by atoms with van der Waals surface area (Å²) in [4.78, 5) is 13.3. The van der Waals surface area contributed by atoms with Crippen molar-refractivity contribution in [2.24, 2.45) is 4.36 Å². The Kier molecular flexibility index (Phi) is 4.06. The fourth-order valence-electron chi connectivity index (χ4n) is 2.14. The van der Waals surface area contributed by atoms with E-state index in [0.29, 0.717) is 4.90 Å². The van der Waals surface area contributed by atoms with Gasteiger partial charge in [-0.15, -0.1) is 4.36 Å². The van der Waals surface area contributed by atoms with Crippen molar-refractivity contribution in [3.05, 3.63) is 24.3 Å². The van der Waals surface area contributed by atoms with Crippen molar-refractivity contribution in [1.29, 1.82) is 0 Å². The number of amides is 1. The molecule has 1 saturated heterocycles. The predicted octanol–water partition coefficient (Wildman–Crippen LogP) is 1.23. The number of nitrogens with one attached hydrogen (secondary N) is 1. The van der Waals surface area contributed by atoms with Gasteiger partial charge in [-0.25, -0.2) is 9.00 Å². The molecule has 0 aromatic heterocycles. The van der Waals surface area contributed by atoms with Crippen molar-refractivity contribution >= 4 is 21.5 Å². The number of hydrogen-bond donors (Lipinski definition) is 2. The Morgan fingerprint density at radius 2 is 2.00 bits per heavy atom. The van der Waals surface area contributed by atoms with Crippen LogP contribution in [0.4, 0.5) is 10.5 Å². The van der Waals surface area contributed by atoms with Crippen molar-refractivity contribution in [2.45, 2.75) is 4.90 Å². The van der Waals surface area contributed by atoms with Crippen LogP contribution in [-0.2, 0) is 9.73 Å². The summed E-state index contributed by atoms with van der Waals surface area (Å²) in [6.45, 7) is 3.32. The Morgan fingerprint density at radius 3 is 2.63 bits per heavy atom. The summed E-state index contributed by atoms with van der Waals surface area (Å²) in [5.74, 6) is 0. The molecule has 2 N–H and O–H groups in total. The minimum atomic E-state index is -2.93. The quantitative estimate of drug-likeness (QED) is 0.853. The molecule has 0 aliphatic carbocycles. The van der Waals surface area contributed by atoms with Gasteiger partial charge in [-0.1, -0.05) is 12.1 Å². The van der Waals surface area contributed by atoms with Gasteiger partial charge in [0.25, 0.3) is 0 Å². The Hall–Kier alpha value is -1.60. The van der Waals surface area contributed by atoms with E-state index in [1.54, 1.807) is 12.1 Å². The SMILES string of the molecule is CS(=O)(=NC(=O)O)c1ccccc1N1CCNCC1. The summed E-state index contributed by atoms with van der Waals surface area (Å²) in [6.07, 6.45) is -0.0371. The molecular formula is C12H17N3O3S. The van der Waals surface area contributed by atoms with Crippen LogP contribution in [-0.4, -0.2) is 47.8 Å². The number of hydrogen-bond acceptors (Lipinski definition) is 4. The molecule has 1 heterocycles. The molecule has 0 bridgehead atoms. The zero-order valence-electron chi connectivity index (χ0n) is 10.7. The molecule has 19 heavy (non-hydrogen) atoms. The lowest BCUT2D eigenvalue weighted by Gasteiger charge is -2.31. The summed E-state index contributed by atoms with van der Waals surface area (Å²) >= 11 is 0. The van der Waals surface area contributed by atoms with E-state index < -0.39 is 15.8 Å². The minimum absolute atomic E-state index is 0.485. The molecule has 1 aliphatic heterocycles. The average Bonchev–Trinajstić information content (AvgIpc) is 2.38. The van der Waals surface area contributed by atoms with E-state index in [-0.39, 0.29) is 0 Å². The van der Waals surface area contributed by atoms with Crippen molar-refractivity contribution in [1.82, 2.24) is 5.32 Å². The maximum atomic E-state index is 12.5. The zero-order chi connectivity index (χ0) is 13.9. The molecule has 1 unspecified atom stereocenters. The first-order chi connectivity index (χ1) is 9.00. The number of carbonyl (C=O) groups is 1. The van der Waals surface area contributed by atoms with E-state index in [4.69, 9.17) is 5.11 Å². The van der Waals surface area contributed by atoms with Crippen LogP contribution in [0.5, 0.6) is 0 Å². The standard InChI is InChI=1S/C12H17N3O3S/c1-19(18,14-12(16)17)11-5-3-2-4-10(11)15-8-6-13-7-9-15/h2-5,13H,6-9H2,1H3,(H,16,17). The van der Waals surface area contributed by atoms with Crippen LogP contribution in [0.15, 0.2) is 33.5 Å². The molecule has 104 valence electrons. The van der Waals surface area contributed by atoms with Gasteiger partial charge in [-0.3, -0.25) is 0 Å². The van der Waals surface area contributed by atoms with Gasteiger partial charge < -0.3 is 15.3 Å². The number of rotatable bonds is 2. The molecular weight excluding hydrogens is 266 g/mol. The van der Waals surface area contributed by atoms with E-state index in [1.165, 1.54) is 6.26 Å². The van der Waals surface area contributed by atoms with Crippen LogP contribution in [0.2, 0.25) is 0 Å². The van der Waals surface area contributed by atoms with Crippen LogP contribution in [0, 0.1) is 0 Å². The molecule has 0 saturated carbocycles. The first-order valence-electron chi connectivity index (χ1n) is 6.00. The van der Waals surface area contributed by atoms with Gasteiger partial charge >= 0.3 is 6.09 Å². The maximum Gasteiger partial charge on any atom is 0.439 e. The second kappa shape index (κ2) is 5.58. The molecule has 0 radical (unpaired) electrons. The van der Waals surface area contributed by atoms with Gasteiger partial charge in [0.05, 0.1) is 20.3 Å². The van der Waals surface area contributed by atoms with Gasteiger partial charge in [0, 0.05) is 32.4 Å². The maximum absolute atomic E-state index is 12.5. The highest BCUT2D eigenvalue weighted by Crippen LogP contribution is 2.26. The van der Waals surface area contributed by atoms with E-state index in [2.05, 4.69) is 14.6 Å². The molecule has 1 amide bonds. The number of para-hydroxylation sites is 1. The highest BCUT2D eigenvalue weighted by molar-refractivity contribution is 7.93. The van der Waals surface area contributed by atoms with Crippen LogP contribution < -0.4 is 10.2 Å². The van der Waals surface area contributed by atoms with Crippen molar-refractivity contribution in [3.63, 3.8) is 0 Å². The molecule has 1 aliphatic rings. The van der Waals surface area contributed by atoms with Crippen molar-refractivity contribution < 1.29 is 14.1 Å². The highest BCUT2D eigenvalue weighted by atomic mass is 32.2. The van der Waals surface area contributed by atoms with Crippen LogP contribution in [0.1, 0.15) is 0 Å². The number of nitrogens with zero attached hydrogens (tertiary/aromatic N) is 2. The van der Waals surface area contributed by atoms with E-state index >= 15 is 0 Å². The molecule has 1 aromatic rings. The second-order valence-electron chi connectivity index (χ2n) is 4.38. The van der Waals surface area contributed by atoms with E-state index in [9.17, 15) is 9.00 Å². The summed E-state index contributed by atoms with van der Waals surface area (Å²) in [5, 5.41) is 12.0. The second-order valence-corrected chi connectivity index (χ2v) is 6.61. The molecule has 7 heteroatoms. The lowest BCUT2D eigenvalue weighted by Crippen LogP contribution is -2.44. The predicted molar refractivity (Wildman–Crippen MR) is 74.3 cm³/mol. The van der Waals surface area contributed by atoms with Crippen molar-refractivity contribution in [3.8, 4) is 0 Å². The Labute approximate surface area is 112 Å². The molecule has 6 nitrogen and oxygen atoms in total. The first-order valence-corrected chi connectivity index (χ1v) is 7.93. The third-order valence-electron chi connectivity index (χ3n) is 2.98. The lowest BCUT2D eigenvalue weighted by molar-refractivity contribution is 0.206. The summed E-state index contributed by atoms with van der Waals surface area (Å²) < 4.78 is 15.8. The fraction of sp³-hybridized carbons (Fsp3) is 0.417. The number of anilines is 1. The summed E-state index contributed by atoms with van der Waals surface area (Å²) in [5.41, 5.74) is 0.807. The van der Waals surface area contributed by atoms with Gasteiger partial charge in [-0.05, 0) is 12.1 Å². The van der Waals surface area contributed by atoms with Gasteiger partial charge in [-0.2, -0.15) is 0 Å². The van der Waals surface area contributed by atoms with Crippen LogP contribution in [0.3, 0.4) is 0 Å². The van der Waals surface area contributed by atoms with Gasteiger partial charge in [0.15, 0.2) is 0 Å². The first kappa shape index (κ1) is 13.8. The number of piperazine rings is 1. The highest BCUT2D eigenvalue weighted by Gasteiger charge is 2.19. The summed E-state index contributed by atoms with van der Waals surface area (Å²) in [7, 11) is -2.93. The third-order valence-corrected chi connectivity index (χ3v) is 4.65. The Bertz CT molecular complexity index is 588. The smallest absolute Gasteiger partial charge is 0.439 e. The zero-order valence-corrected chi connectivity index (χ0v) is 11.5. The topological polar surface area (TPSA) is 82.0 Å². The Balaban J connectivity index is 2.47.